The van der Waals surface area contributed by atoms with Crippen molar-refractivity contribution in [2.45, 2.75) is 46.6 Å². The topological polar surface area (TPSA) is 58.2 Å². The Kier molecular flexibility index (Phi) is 6.92. The maximum atomic E-state index is 11.6. The summed E-state index contributed by atoms with van der Waals surface area (Å²) in [5.41, 5.74) is 2.25. The number of benzene rings is 1. The van der Waals surface area contributed by atoms with Gasteiger partial charge in [0, 0.05) is 13.1 Å². The highest BCUT2D eigenvalue weighted by atomic mass is 16.2. The van der Waals surface area contributed by atoms with Gasteiger partial charge in [-0.3, -0.25) is 9.59 Å². The second-order valence-electron chi connectivity index (χ2n) is 6.02. The van der Waals surface area contributed by atoms with Gasteiger partial charge in [0.1, 0.15) is 0 Å². The molecule has 116 valence electrons. The van der Waals surface area contributed by atoms with E-state index in [0.717, 1.165) is 12.0 Å². The summed E-state index contributed by atoms with van der Waals surface area (Å²) in [7, 11) is 0. The summed E-state index contributed by atoms with van der Waals surface area (Å²) in [5, 5.41) is 5.26. The third-order valence-corrected chi connectivity index (χ3v) is 3.31. The van der Waals surface area contributed by atoms with E-state index in [-0.39, 0.29) is 0 Å². The second kappa shape index (κ2) is 8.45. The van der Waals surface area contributed by atoms with E-state index in [1.54, 1.807) is 0 Å². The zero-order chi connectivity index (χ0) is 15.8. The summed E-state index contributed by atoms with van der Waals surface area (Å²) >= 11 is 0. The first-order valence-electron chi connectivity index (χ1n) is 7.55. The molecule has 0 aliphatic rings. The summed E-state index contributed by atoms with van der Waals surface area (Å²) in [6.07, 6.45) is 0.871. The van der Waals surface area contributed by atoms with Gasteiger partial charge in [0.05, 0.1) is 0 Å². The van der Waals surface area contributed by atoms with Gasteiger partial charge in [-0.1, -0.05) is 52.0 Å². The molecule has 0 heterocycles. The molecule has 0 unspecified atom stereocenters. The monoisotopic (exact) mass is 290 g/mol. The van der Waals surface area contributed by atoms with Crippen molar-refractivity contribution in [1.29, 1.82) is 0 Å². The van der Waals surface area contributed by atoms with Crippen molar-refractivity contribution in [3.8, 4) is 0 Å². The Labute approximate surface area is 127 Å². The number of hydrogen-bond donors (Lipinski definition) is 2. The van der Waals surface area contributed by atoms with Gasteiger partial charge in [0.25, 0.3) is 0 Å². The predicted octanol–water partition coefficient (Wildman–Crippen LogP) is 2.59. The first-order chi connectivity index (χ1) is 9.90. The van der Waals surface area contributed by atoms with E-state index in [4.69, 9.17) is 0 Å². The molecule has 0 bridgehead atoms. The van der Waals surface area contributed by atoms with Gasteiger partial charge in [-0.15, -0.1) is 0 Å². The Hall–Kier alpha value is -1.84. The van der Waals surface area contributed by atoms with Crippen LogP contribution >= 0.6 is 0 Å². The third kappa shape index (κ3) is 6.43. The van der Waals surface area contributed by atoms with E-state index in [2.05, 4.69) is 50.5 Å². The van der Waals surface area contributed by atoms with Crippen LogP contribution in [0.25, 0.3) is 0 Å². The van der Waals surface area contributed by atoms with Crippen molar-refractivity contribution < 1.29 is 9.59 Å². The zero-order valence-electron chi connectivity index (χ0n) is 13.4. The van der Waals surface area contributed by atoms with E-state index in [1.807, 2.05) is 12.1 Å². The fourth-order valence-electron chi connectivity index (χ4n) is 1.84. The van der Waals surface area contributed by atoms with Crippen LogP contribution < -0.4 is 10.6 Å². The summed E-state index contributed by atoms with van der Waals surface area (Å²) < 4.78 is 0. The predicted molar refractivity (Wildman–Crippen MR) is 84.8 cm³/mol. The molecule has 1 aromatic rings. The fraction of sp³-hybridized carbons (Fsp3) is 0.529. The quantitative estimate of drug-likeness (QED) is 0.791. The Morgan fingerprint density at radius 1 is 0.952 bits per heavy atom. The summed E-state index contributed by atoms with van der Waals surface area (Å²) in [5.74, 6) is -0.144. The first kappa shape index (κ1) is 17.2. The lowest BCUT2D eigenvalue weighted by molar-refractivity contribution is -0.139. The summed E-state index contributed by atoms with van der Waals surface area (Å²) in [6, 6.07) is 8.06. The normalized spacial score (nSPS) is 10.8. The van der Waals surface area contributed by atoms with Gasteiger partial charge in [-0.05, 0) is 29.4 Å². The molecule has 0 atom stereocenters. The largest absolute Gasteiger partial charge is 0.348 e. The minimum atomic E-state index is -0.577. The van der Waals surface area contributed by atoms with Gasteiger partial charge in [0.2, 0.25) is 0 Å². The molecule has 2 amide bonds. The van der Waals surface area contributed by atoms with Crippen LogP contribution in [0.4, 0.5) is 0 Å². The number of rotatable bonds is 6. The number of hydrogen-bond acceptors (Lipinski definition) is 2. The Bertz CT molecular complexity index is 464. The van der Waals surface area contributed by atoms with E-state index in [9.17, 15) is 9.59 Å². The van der Waals surface area contributed by atoms with Crippen molar-refractivity contribution in [2.24, 2.45) is 5.92 Å². The molecule has 0 spiro atoms. The lowest BCUT2D eigenvalue weighted by Gasteiger charge is -2.09. The molecule has 1 rings (SSSR count). The molecule has 4 nitrogen and oxygen atoms in total. The van der Waals surface area contributed by atoms with Crippen LogP contribution in [0.15, 0.2) is 24.3 Å². The SMILES string of the molecule is CC(C)CCNC(=O)C(=O)NCc1ccc(C(C)C)cc1. The van der Waals surface area contributed by atoms with Gasteiger partial charge >= 0.3 is 11.8 Å². The third-order valence-electron chi connectivity index (χ3n) is 3.31. The van der Waals surface area contributed by atoms with Crippen molar-refractivity contribution in [3.05, 3.63) is 35.4 Å². The lowest BCUT2D eigenvalue weighted by atomic mass is 10.0. The molecule has 0 saturated carbocycles. The standard InChI is InChI=1S/C17H26N2O2/c1-12(2)9-10-18-16(20)17(21)19-11-14-5-7-15(8-6-14)13(3)4/h5-8,12-13H,9-11H2,1-4H3,(H,18,20)(H,19,21). The molecule has 1 aromatic carbocycles. The zero-order valence-corrected chi connectivity index (χ0v) is 13.4. The van der Waals surface area contributed by atoms with E-state index in [1.165, 1.54) is 5.56 Å². The highest BCUT2D eigenvalue weighted by Crippen LogP contribution is 2.14. The molecule has 0 saturated heterocycles. The van der Waals surface area contributed by atoms with Crippen LogP contribution in [0.2, 0.25) is 0 Å². The molecule has 0 aromatic heterocycles. The molecule has 21 heavy (non-hydrogen) atoms. The number of nitrogens with one attached hydrogen (secondary N) is 2. The minimum Gasteiger partial charge on any atom is -0.348 e. The van der Waals surface area contributed by atoms with Crippen LogP contribution in [0.5, 0.6) is 0 Å². The summed E-state index contributed by atoms with van der Waals surface area (Å²) in [4.78, 5) is 23.2. The van der Waals surface area contributed by atoms with Crippen LogP contribution in [0.3, 0.4) is 0 Å². The van der Waals surface area contributed by atoms with Crippen molar-refractivity contribution in [3.63, 3.8) is 0 Å². The molecule has 2 N–H and O–H groups in total. The van der Waals surface area contributed by atoms with E-state index < -0.39 is 11.8 Å². The Balaban J connectivity index is 2.36. The molecule has 4 heteroatoms. The van der Waals surface area contributed by atoms with Crippen molar-refractivity contribution >= 4 is 11.8 Å². The van der Waals surface area contributed by atoms with Crippen LogP contribution in [0, 0.1) is 5.92 Å². The smallest absolute Gasteiger partial charge is 0.309 e. The first-order valence-corrected chi connectivity index (χ1v) is 7.55. The number of amides is 2. The summed E-state index contributed by atoms with van der Waals surface area (Å²) in [6.45, 7) is 9.33. The number of carbonyl (C=O) groups excluding carboxylic acids is 2. The lowest BCUT2D eigenvalue weighted by Crippen LogP contribution is -2.40. The molecule has 0 fully saturated rings. The molecular weight excluding hydrogens is 264 g/mol. The van der Waals surface area contributed by atoms with Crippen LogP contribution in [0.1, 0.15) is 51.2 Å². The number of carbonyl (C=O) groups is 2. The van der Waals surface area contributed by atoms with Crippen LogP contribution in [-0.2, 0) is 16.1 Å². The minimum absolute atomic E-state index is 0.370. The van der Waals surface area contributed by atoms with Crippen molar-refractivity contribution in [1.82, 2.24) is 10.6 Å². The highest BCUT2D eigenvalue weighted by Gasteiger charge is 2.12. The molecule has 0 aliphatic carbocycles. The van der Waals surface area contributed by atoms with E-state index >= 15 is 0 Å². The fourth-order valence-corrected chi connectivity index (χ4v) is 1.84. The maximum Gasteiger partial charge on any atom is 0.309 e. The molecule has 0 aliphatic heterocycles. The molecular formula is C17H26N2O2. The highest BCUT2D eigenvalue weighted by molar-refractivity contribution is 6.35. The van der Waals surface area contributed by atoms with Gasteiger partial charge in [-0.2, -0.15) is 0 Å². The van der Waals surface area contributed by atoms with Gasteiger partial charge < -0.3 is 10.6 Å². The Morgan fingerprint density at radius 3 is 2.05 bits per heavy atom. The Morgan fingerprint density at radius 2 is 1.52 bits per heavy atom. The van der Waals surface area contributed by atoms with Crippen LogP contribution in [-0.4, -0.2) is 18.4 Å². The maximum absolute atomic E-state index is 11.6. The van der Waals surface area contributed by atoms with Crippen molar-refractivity contribution in [2.75, 3.05) is 6.54 Å². The second-order valence-corrected chi connectivity index (χ2v) is 6.02. The van der Waals surface area contributed by atoms with Gasteiger partial charge in [-0.25, -0.2) is 0 Å². The average molecular weight is 290 g/mol. The molecule has 0 radical (unpaired) electrons. The van der Waals surface area contributed by atoms with E-state index in [0.29, 0.717) is 24.9 Å². The average Bonchev–Trinajstić information content (AvgIpc) is 2.44. The van der Waals surface area contributed by atoms with Gasteiger partial charge in [0.15, 0.2) is 0 Å².